The highest BCUT2D eigenvalue weighted by Crippen LogP contribution is 2.38. The maximum absolute atomic E-state index is 13.0. The largest absolute Gasteiger partial charge is 0.497 e. The normalized spacial score (nSPS) is 26.3. The number of ether oxygens (including phenoxy) is 1. The van der Waals surface area contributed by atoms with Gasteiger partial charge in [0, 0.05) is 10.9 Å². The lowest BCUT2D eigenvalue weighted by Crippen LogP contribution is -2.48. The third-order valence-electron chi connectivity index (χ3n) is 4.37. The van der Waals surface area contributed by atoms with Crippen LogP contribution in [0.15, 0.2) is 29.2 Å². The lowest BCUT2D eigenvalue weighted by atomic mass is 9.75. The quantitative estimate of drug-likeness (QED) is 0.906. The van der Waals surface area contributed by atoms with Gasteiger partial charge in [0.05, 0.1) is 23.2 Å². The second-order valence-electron chi connectivity index (χ2n) is 6.58. The van der Waals surface area contributed by atoms with E-state index in [4.69, 9.17) is 4.74 Å². The van der Waals surface area contributed by atoms with Crippen LogP contribution in [0.25, 0.3) is 0 Å². The molecule has 0 aliphatic heterocycles. The van der Waals surface area contributed by atoms with Crippen LogP contribution in [-0.4, -0.2) is 29.2 Å². The van der Waals surface area contributed by atoms with Gasteiger partial charge in [0.15, 0.2) is 0 Å². The minimum absolute atomic E-state index is 0.182. The molecule has 0 aromatic heterocycles. The summed E-state index contributed by atoms with van der Waals surface area (Å²) >= 11 is 0. The molecule has 1 aliphatic rings. The first-order chi connectivity index (χ1) is 9.96. The van der Waals surface area contributed by atoms with Crippen molar-refractivity contribution in [3.8, 4) is 5.75 Å². The fourth-order valence-electron chi connectivity index (χ4n) is 3.13. The number of methoxy groups -OCH3 is 1. The SMILES string of the molecule is CCNC1CCC(C)(C)CC1S(=O)c1ccc(OC)cc1. The maximum Gasteiger partial charge on any atom is 0.118 e. The summed E-state index contributed by atoms with van der Waals surface area (Å²) in [5, 5.41) is 3.71. The molecule has 0 heterocycles. The van der Waals surface area contributed by atoms with E-state index in [0.29, 0.717) is 6.04 Å². The van der Waals surface area contributed by atoms with Gasteiger partial charge >= 0.3 is 0 Å². The van der Waals surface area contributed by atoms with E-state index in [1.54, 1.807) is 7.11 Å². The van der Waals surface area contributed by atoms with E-state index in [2.05, 4.69) is 26.1 Å². The Labute approximate surface area is 130 Å². The molecule has 21 heavy (non-hydrogen) atoms. The first-order valence-electron chi connectivity index (χ1n) is 7.75. The van der Waals surface area contributed by atoms with Gasteiger partial charge in [0.1, 0.15) is 5.75 Å². The van der Waals surface area contributed by atoms with Gasteiger partial charge in [0.25, 0.3) is 0 Å². The second kappa shape index (κ2) is 6.93. The minimum Gasteiger partial charge on any atom is -0.497 e. The third-order valence-corrected chi connectivity index (χ3v) is 6.15. The Hall–Kier alpha value is -0.870. The van der Waals surface area contributed by atoms with Crippen molar-refractivity contribution in [2.75, 3.05) is 13.7 Å². The highest BCUT2D eigenvalue weighted by molar-refractivity contribution is 7.85. The van der Waals surface area contributed by atoms with Gasteiger partial charge < -0.3 is 10.1 Å². The van der Waals surface area contributed by atoms with Crippen molar-refractivity contribution >= 4 is 10.8 Å². The summed E-state index contributed by atoms with van der Waals surface area (Å²) in [6.45, 7) is 7.62. The van der Waals surface area contributed by atoms with Crippen molar-refractivity contribution < 1.29 is 8.95 Å². The number of nitrogens with one attached hydrogen (secondary N) is 1. The fourth-order valence-corrected chi connectivity index (χ4v) is 5.01. The molecule has 1 aliphatic carbocycles. The monoisotopic (exact) mass is 309 g/mol. The Morgan fingerprint density at radius 2 is 2.00 bits per heavy atom. The summed E-state index contributed by atoms with van der Waals surface area (Å²) < 4.78 is 18.2. The van der Waals surface area contributed by atoms with Crippen LogP contribution >= 0.6 is 0 Å². The summed E-state index contributed by atoms with van der Waals surface area (Å²) in [7, 11) is 0.673. The predicted molar refractivity (Wildman–Crippen MR) is 88.3 cm³/mol. The zero-order chi connectivity index (χ0) is 15.5. The lowest BCUT2D eigenvalue weighted by Gasteiger charge is -2.40. The summed E-state index contributed by atoms with van der Waals surface area (Å²) in [4.78, 5) is 0.904. The highest BCUT2D eigenvalue weighted by Gasteiger charge is 2.38. The standard InChI is InChI=1S/C17H27NO2S/c1-5-18-15-10-11-17(2,3)12-16(15)21(19)14-8-6-13(20-4)7-9-14/h6-9,15-16,18H,5,10-12H2,1-4H3. The highest BCUT2D eigenvalue weighted by atomic mass is 32.2. The van der Waals surface area contributed by atoms with Crippen molar-refractivity contribution in [3.63, 3.8) is 0 Å². The molecule has 1 aromatic carbocycles. The fraction of sp³-hybridized carbons (Fsp3) is 0.647. The van der Waals surface area contributed by atoms with Crippen molar-refractivity contribution in [2.45, 2.75) is 56.2 Å². The van der Waals surface area contributed by atoms with Crippen LogP contribution in [0.2, 0.25) is 0 Å². The molecule has 3 unspecified atom stereocenters. The van der Waals surface area contributed by atoms with Gasteiger partial charge in [-0.25, -0.2) is 0 Å². The van der Waals surface area contributed by atoms with E-state index in [1.165, 1.54) is 6.42 Å². The van der Waals surface area contributed by atoms with E-state index in [-0.39, 0.29) is 10.7 Å². The maximum atomic E-state index is 13.0. The first kappa shape index (κ1) is 16.5. The molecule has 1 aromatic rings. The molecular formula is C17H27NO2S. The number of hydrogen-bond donors (Lipinski definition) is 1. The molecule has 0 spiro atoms. The van der Waals surface area contributed by atoms with Gasteiger partial charge in [-0.15, -0.1) is 0 Å². The molecule has 0 saturated heterocycles. The molecule has 0 amide bonds. The van der Waals surface area contributed by atoms with Crippen LogP contribution in [0.4, 0.5) is 0 Å². The molecule has 2 rings (SSSR count). The van der Waals surface area contributed by atoms with Crippen LogP contribution in [0.5, 0.6) is 5.75 Å². The van der Waals surface area contributed by atoms with Crippen LogP contribution < -0.4 is 10.1 Å². The number of rotatable bonds is 5. The predicted octanol–water partition coefficient (Wildman–Crippen LogP) is 3.36. The van der Waals surface area contributed by atoms with Crippen molar-refractivity contribution in [1.82, 2.24) is 5.32 Å². The topological polar surface area (TPSA) is 38.3 Å². The van der Waals surface area contributed by atoms with Gasteiger partial charge in [0.2, 0.25) is 0 Å². The molecule has 0 bridgehead atoms. The zero-order valence-electron chi connectivity index (χ0n) is 13.5. The molecular weight excluding hydrogens is 282 g/mol. The lowest BCUT2D eigenvalue weighted by molar-refractivity contribution is 0.213. The average molecular weight is 309 g/mol. The molecule has 4 heteroatoms. The summed E-state index contributed by atoms with van der Waals surface area (Å²) in [6.07, 6.45) is 3.30. The molecule has 1 fully saturated rings. The van der Waals surface area contributed by atoms with Crippen molar-refractivity contribution in [2.24, 2.45) is 5.41 Å². The second-order valence-corrected chi connectivity index (χ2v) is 8.25. The van der Waals surface area contributed by atoms with Crippen LogP contribution in [0.1, 0.15) is 40.0 Å². The molecule has 0 radical (unpaired) electrons. The van der Waals surface area contributed by atoms with E-state index in [1.807, 2.05) is 24.3 Å². The molecule has 3 atom stereocenters. The molecule has 118 valence electrons. The van der Waals surface area contributed by atoms with E-state index in [9.17, 15) is 4.21 Å². The van der Waals surface area contributed by atoms with Crippen LogP contribution in [-0.2, 0) is 10.8 Å². The van der Waals surface area contributed by atoms with Gasteiger partial charge in [-0.05, 0) is 55.5 Å². The molecule has 1 saturated carbocycles. The van der Waals surface area contributed by atoms with Gasteiger partial charge in [-0.2, -0.15) is 0 Å². The Bertz CT molecular complexity index is 484. The van der Waals surface area contributed by atoms with Gasteiger partial charge in [-0.1, -0.05) is 20.8 Å². The summed E-state index contributed by atoms with van der Waals surface area (Å²) in [6, 6.07) is 8.00. The Morgan fingerprint density at radius 1 is 1.33 bits per heavy atom. The minimum atomic E-state index is -0.976. The average Bonchev–Trinajstić information content (AvgIpc) is 2.48. The van der Waals surface area contributed by atoms with E-state index >= 15 is 0 Å². The number of benzene rings is 1. The van der Waals surface area contributed by atoms with E-state index in [0.717, 1.165) is 30.0 Å². The van der Waals surface area contributed by atoms with Crippen LogP contribution in [0.3, 0.4) is 0 Å². The van der Waals surface area contributed by atoms with Gasteiger partial charge in [-0.3, -0.25) is 4.21 Å². The van der Waals surface area contributed by atoms with Crippen LogP contribution in [0, 0.1) is 5.41 Å². The Balaban J connectivity index is 2.19. The van der Waals surface area contributed by atoms with Crippen molar-refractivity contribution in [1.29, 1.82) is 0 Å². The molecule has 1 N–H and O–H groups in total. The number of hydrogen-bond acceptors (Lipinski definition) is 3. The summed E-state index contributed by atoms with van der Waals surface area (Å²) in [5.41, 5.74) is 0.277. The van der Waals surface area contributed by atoms with Crippen molar-refractivity contribution in [3.05, 3.63) is 24.3 Å². The third kappa shape index (κ3) is 4.07. The first-order valence-corrected chi connectivity index (χ1v) is 8.96. The smallest absolute Gasteiger partial charge is 0.118 e. The Kier molecular flexibility index (Phi) is 5.44. The molecule has 3 nitrogen and oxygen atoms in total. The zero-order valence-corrected chi connectivity index (χ0v) is 14.3. The Morgan fingerprint density at radius 3 is 2.57 bits per heavy atom. The van der Waals surface area contributed by atoms with E-state index < -0.39 is 10.8 Å². The summed E-state index contributed by atoms with van der Waals surface area (Å²) in [5.74, 6) is 0.808.